The molecule has 1 aromatic carbocycles. The molecule has 0 fully saturated rings. The van der Waals surface area contributed by atoms with Crippen molar-refractivity contribution in [1.29, 1.82) is 0 Å². The van der Waals surface area contributed by atoms with E-state index in [1.54, 1.807) is 18.3 Å². The number of nitrogen functional groups attached to an aromatic ring is 1. The molecule has 0 aliphatic rings. The van der Waals surface area contributed by atoms with Crippen LogP contribution in [0.1, 0.15) is 5.56 Å². The first-order chi connectivity index (χ1) is 7.66. The van der Waals surface area contributed by atoms with E-state index in [-0.39, 0.29) is 5.82 Å². The molecule has 2 aromatic rings. The number of hydrogen-bond acceptors (Lipinski definition) is 4. The third kappa shape index (κ3) is 2.30. The molecule has 0 amide bonds. The first-order valence-corrected chi connectivity index (χ1v) is 5.64. The van der Waals surface area contributed by atoms with Crippen LogP contribution in [0.2, 0.25) is 0 Å². The Hall–Kier alpha value is -1.62. The van der Waals surface area contributed by atoms with Crippen molar-refractivity contribution in [2.75, 3.05) is 17.7 Å². The van der Waals surface area contributed by atoms with Gasteiger partial charge in [-0.2, -0.15) is 0 Å². The van der Waals surface area contributed by atoms with Crippen LogP contribution in [0, 0.1) is 5.82 Å². The van der Waals surface area contributed by atoms with E-state index in [2.05, 4.69) is 4.98 Å². The Kier molecular flexibility index (Phi) is 3.05. The first kappa shape index (κ1) is 10.9. The van der Waals surface area contributed by atoms with Gasteiger partial charge in [-0.05, 0) is 6.07 Å². The second-order valence-corrected chi connectivity index (χ2v) is 4.53. The number of nitrogens with zero attached hydrogens (tertiary/aromatic N) is 2. The third-order valence-electron chi connectivity index (χ3n) is 2.20. The molecule has 0 aliphatic heterocycles. The van der Waals surface area contributed by atoms with Gasteiger partial charge in [0, 0.05) is 19.2 Å². The highest BCUT2D eigenvalue weighted by molar-refractivity contribution is 7.19. The van der Waals surface area contributed by atoms with Gasteiger partial charge in [-0.1, -0.05) is 29.5 Å². The van der Waals surface area contributed by atoms with E-state index in [4.69, 9.17) is 5.73 Å². The molecule has 2 rings (SSSR count). The molecule has 84 valence electrons. The molecule has 2 N–H and O–H groups in total. The lowest BCUT2D eigenvalue weighted by Crippen LogP contribution is -2.16. The monoisotopic (exact) mass is 237 g/mol. The summed E-state index contributed by atoms with van der Waals surface area (Å²) < 4.78 is 13.4. The van der Waals surface area contributed by atoms with Crippen molar-refractivity contribution in [3.63, 3.8) is 0 Å². The second kappa shape index (κ2) is 4.49. The van der Waals surface area contributed by atoms with E-state index in [0.717, 1.165) is 5.13 Å². The number of aromatic nitrogens is 1. The number of rotatable bonds is 3. The second-order valence-electron chi connectivity index (χ2n) is 3.49. The highest BCUT2D eigenvalue weighted by Crippen LogP contribution is 2.24. The molecule has 1 heterocycles. The molecule has 0 saturated carbocycles. The Labute approximate surface area is 97.3 Å². The number of benzene rings is 1. The number of thiazole rings is 1. The average molecular weight is 237 g/mol. The SMILES string of the molecule is CN(Cc1ccccc1F)c1ncc(N)s1. The Balaban J connectivity index is 2.13. The summed E-state index contributed by atoms with van der Waals surface area (Å²) >= 11 is 1.39. The summed E-state index contributed by atoms with van der Waals surface area (Å²) in [5, 5.41) is 1.45. The average Bonchev–Trinajstić information content (AvgIpc) is 2.68. The largest absolute Gasteiger partial charge is 0.389 e. The number of hydrogen-bond donors (Lipinski definition) is 1. The lowest BCUT2D eigenvalue weighted by atomic mass is 10.2. The molecule has 3 nitrogen and oxygen atoms in total. The molecule has 0 atom stereocenters. The standard InChI is InChI=1S/C11H12FN3S/c1-15(11-14-6-10(13)16-11)7-8-4-2-3-5-9(8)12/h2-6H,7,13H2,1H3. The van der Waals surface area contributed by atoms with Crippen molar-refractivity contribution in [3.8, 4) is 0 Å². The zero-order chi connectivity index (χ0) is 11.5. The fraction of sp³-hybridized carbons (Fsp3) is 0.182. The van der Waals surface area contributed by atoms with E-state index >= 15 is 0 Å². The van der Waals surface area contributed by atoms with Gasteiger partial charge in [0.25, 0.3) is 0 Å². The fourth-order valence-electron chi connectivity index (χ4n) is 1.40. The molecule has 0 bridgehead atoms. The summed E-state index contributed by atoms with van der Waals surface area (Å²) in [4.78, 5) is 6.01. The Morgan fingerprint density at radius 3 is 2.81 bits per heavy atom. The maximum Gasteiger partial charge on any atom is 0.187 e. The minimum atomic E-state index is -0.195. The molecule has 0 unspecified atom stereocenters. The van der Waals surface area contributed by atoms with E-state index < -0.39 is 0 Å². The van der Waals surface area contributed by atoms with Crippen LogP contribution in [-0.2, 0) is 6.54 Å². The Morgan fingerprint density at radius 2 is 2.19 bits per heavy atom. The summed E-state index contributed by atoms with van der Waals surface area (Å²) in [6, 6.07) is 6.73. The zero-order valence-corrected chi connectivity index (χ0v) is 9.67. The maximum absolute atomic E-state index is 13.4. The minimum absolute atomic E-state index is 0.195. The highest BCUT2D eigenvalue weighted by Gasteiger charge is 2.08. The molecule has 0 spiro atoms. The van der Waals surface area contributed by atoms with Crippen LogP contribution in [0.25, 0.3) is 0 Å². The smallest absolute Gasteiger partial charge is 0.187 e. The van der Waals surface area contributed by atoms with Crippen LogP contribution in [0.4, 0.5) is 14.5 Å². The van der Waals surface area contributed by atoms with E-state index in [1.165, 1.54) is 17.4 Å². The van der Waals surface area contributed by atoms with Crippen molar-refractivity contribution < 1.29 is 4.39 Å². The molecule has 0 aliphatic carbocycles. The lowest BCUT2D eigenvalue weighted by molar-refractivity contribution is 0.608. The number of halogens is 1. The molecular weight excluding hydrogens is 225 g/mol. The molecule has 0 radical (unpaired) electrons. The lowest BCUT2D eigenvalue weighted by Gasteiger charge is -2.15. The van der Waals surface area contributed by atoms with Crippen LogP contribution >= 0.6 is 11.3 Å². The fourth-order valence-corrected chi connectivity index (χ4v) is 2.05. The number of nitrogens with two attached hydrogens (primary N) is 1. The quantitative estimate of drug-likeness (QED) is 0.891. The van der Waals surface area contributed by atoms with Crippen LogP contribution in [0.5, 0.6) is 0 Å². The molecule has 16 heavy (non-hydrogen) atoms. The maximum atomic E-state index is 13.4. The molecule has 5 heteroatoms. The third-order valence-corrected chi connectivity index (χ3v) is 3.14. The van der Waals surface area contributed by atoms with Gasteiger partial charge in [0.05, 0.1) is 6.20 Å². The highest BCUT2D eigenvalue weighted by atomic mass is 32.1. The van der Waals surface area contributed by atoms with Crippen LogP contribution in [-0.4, -0.2) is 12.0 Å². The summed E-state index contributed by atoms with van der Waals surface area (Å²) in [6.45, 7) is 0.486. The van der Waals surface area contributed by atoms with Crippen LogP contribution in [0.3, 0.4) is 0 Å². The zero-order valence-electron chi connectivity index (χ0n) is 8.85. The van der Waals surface area contributed by atoms with Gasteiger partial charge in [0.15, 0.2) is 5.13 Å². The Bertz CT molecular complexity index is 484. The van der Waals surface area contributed by atoms with Gasteiger partial charge in [0.1, 0.15) is 10.8 Å². The van der Waals surface area contributed by atoms with Crippen LogP contribution in [0.15, 0.2) is 30.5 Å². The molecule has 0 saturated heterocycles. The molecule has 1 aromatic heterocycles. The summed E-state index contributed by atoms with van der Waals surface area (Å²) in [7, 11) is 1.87. The van der Waals surface area contributed by atoms with Crippen molar-refractivity contribution in [1.82, 2.24) is 4.98 Å². The predicted octanol–water partition coefficient (Wildman–Crippen LogP) is 2.50. The van der Waals surface area contributed by atoms with E-state index in [0.29, 0.717) is 17.1 Å². The minimum Gasteiger partial charge on any atom is -0.389 e. The van der Waals surface area contributed by atoms with Crippen molar-refractivity contribution in [2.45, 2.75) is 6.54 Å². The Morgan fingerprint density at radius 1 is 1.44 bits per heavy atom. The summed E-state index contributed by atoms with van der Waals surface area (Å²) in [6.07, 6.45) is 1.61. The van der Waals surface area contributed by atoms with Gasteiger partial charge in [-0.15, -0.1) is 0 Å². The van der Waals surface area contributed by atoms with Gasteiger partial charge < -0.3 is 10.6 Å². The first-order valence-electron chi connectivity index (χ1n) is 4.82. The van der Waals surface area contributed by atoms with E-state index in [9.17, 15) is 4.39 Å². The topological polar surface area (TPSA) is 42.2 Å². The van der Waals surface area contributed by atoms with Gasteiger partial charge >= 0.3 is 0 Å². The summed E-state index contributed by atoms with van der Waals surface area (Å²) in [5.41, 5.74) is 6.25. The van der Waals surface area contributed by atoms with Crippen molar-refractivity contribution in [3.05, 3.63) is 41.8 Å². The summed E-state index contributed by atoms with van der Waals surface area (Å²) in [5.74, 6) is -0.195. The van der Waals surface area contributed by atoms with Gasteiger partial charge in [-0.25, -0.2) is 9.37 Å². The van der Waals surface area contributed by atoms with Crippen molar-refractivity contribution >= 4 is 21.5 Å². The van der Waals surface area contributed by atoms with Crippen LogP contribution < -0.4 is 10.6 Å². The predicted molar refractivity (Wildman–Crippen MR) is 65.0 cm³/mol. The molecular formula is C11H12FN3S. The van der Waals surface area contributed by atoms with Gasteiger partial charge in [-0.3, -0.25) is 0 Å². The normalized spacial score (nSPS) is 10.4. The number of anilines is 2. The van der Waals surface area contributed by atoms with Crippen molar-refractivity contribution in [2.24, 2.45) is 0 Å². The van der Waals surface area contributed by atoms with Gasteiger partial charge in [0.2, 0.25) is 0 Å². The van der Waals surface area contributed by atoms with E-state index in [1.807, 2.05) is 18.0 Å².